The first-order chi connectivity index (χ1) is 13.3. The number of hydrogen-bond acceptors (Lipinski definition) is 4. The van der Waals surface area contributed by atoms with Gasteiger partial charge in [0, 0.05) is 23.4 Å². The van der Waals surface area contributed by atoms with Gasteiger partial charge >= 0.3 is 0 Å². The topological polar surface area (TPSA) is 71.1 Å². The molecule has 1 atom stereocenters. The molecular weight excluding hydrogens is 377 g/mol. The van der Waals surface area contributed by atoms with Crippen molar-refractivity contribution in [1.29, 1.82) is 0 Å². The molecule has 0 radical (unpaired) electrons. The quantitative estimate of drug-likeness (QED) is 0.655. The van der Waals surface area contributed by atoms with Gasteiger partial charge in [-0.25, -0.2) is 9.37 Å². The predicted molar refractivity (Wildman–Crippen MR) is 109 cm³/mol. The summed E-state index contributed by atoms with van der Waals surface area (Å²) in [6.45, 7) is 5.05. The third-order valence-corrected chi connectivity index (χ3v) is 5.04. The van der Waals surface area contributed by atoms with Crippen LogP contribution in [0.1, 0.15) is 41.4 Å². The van der Waals surface area contributed by atoms with E-state index in [1.54, 1.807) is 19.1 Å². The predicted octanol–water partition coefficient (Wildman–Crippen LogP) is 4.71. The molecule has 7 heteroatoms. The molecule has 5 nitrogen and oxygen atoms in total. The molecular formula is C21H20FN3O2S. The largest absolute Gasteiger partial charge is 0.350 e. The summed E-state index contributed by atoms with van der Waals surface area (Å²) in [6, 6.07) is 12.0. The van der Waals surface area contributed by atoms with Gasteiger partial charge in [-0.2, -0.15) is 0 Å². The fourth-order valence-electron chi connectivity index (χ4n) is 2.70. The normalized spacial score (nSPS) is 11.7. The number of aryl methyl sites for hydroxylation is 1. The number of amides is 2. The standard InChI is InChI=1S/C21H20FN3O2S/c1-12-4-5-17(10-18(12)22)20(27)25-21-24-19(11-28-21)16-8-6-15(7-9-16)13(2)23-14(3)26/h4-11,13H,1-3H3,(H,23,26)(H,24,25,27). The van der Waals surface area contributed by atoms with Crippen LogP contribution >= 0.6 is 11.3 Å². The lowest BCUT2D eigenvalue weighted by Crippen LogP contribution is -2.23. The molecule has 3 rings (SSSR count). The average molecular weight is 397 g/mol. The highest BCUT2D eigenvalue weighted by Crippen LogP contribution is 2.26. The van der Waals surface area contributed by atoms with E-state index in [0.717, 1.165) is 16.8 Å². The van der Waals surface area contributed by atoms with Crippen molar-refractivity contribution in [2.24, 2.45) is 0 Å². The van der Waals surface area contributed by atoms with Crippen LogP contribution in [0.3, 0.4) is 0 Å². The second-order valence-electron chi connectivity index (χ2n) is 6.50. The number of rotatable bonds is 5. The molecule has 1 heterocycles. The Balaban J connectivity index is 1.70. The lowest BCUT2D eigenvalue weighted by Gasteiger charge is -2.13. The summed E-state index contributed by atoms with van der Waals surface area (Å²) in [5, 5.41) is 7.83. The SMILES string of the molecule is CC(=O)NC(C)c1ccc(-c2csc(NC(=O)c3ccc(C)c(F)c3)n2)cc1. The Hall–Kier alpha value is -3.06. The zero-order valence-corrected chi connectivity index (χ0v) is 16.6. The van der Waals surface area contributed by atoms with Gasteiger partial charge in [-0.3, -0.25) is 14.9 Å². The van der Waals surface area contributed by atoms with E-state index < -0.39 is 11.7 Å². The first-order valence-electron chi connectivity index (χ1n) is 8.74. The second kappa shape index (κ2) is 8.31. The molecule has 0 aliphatic carbocycles. The maximum absolute atomic E-state index is 13.6. The van der Waals surface area contributed by atoms with Gasteiger partial charge in [0.2, 0.25) is 5.91 Å². The number of carbonyl (C=O) groups excluding carboxylic acids is 2. The molecule has 2 N–H and O–H groups in total. The summed E-state index contributed by atoms with van der Waals surface area (Å²) in [5.74, 6) is -0.898. The van der Waals surface area contributed by atoms with Crippen LogP contribution < -0.4 is 10.6 Å². The monoisotopic (exact) mass is 397 g/mol. The second-order valence-corrected chi connectivity index (χ2v) is 7.36. The Bertz CT molecular complexity index is 1010. The van der Waals surface area contributed by atoms with Crippen molar-refractivity contribution in [2.75, 3.05) is 5.32 Å². The molecule has 0 saturated heterocycles. The van der Waals surface area contributed by atoms with Crippen molar-refractivity contribution in [2.45, 2.75) is 26.8 Å². The van der Waals surface area contributed by atoms with E-state index in [1.165, 1.54) is 24.3 Å². The highest BCUT2D eigenvalue weighted by Gasteiger charge is 2.12. The van der Waals surface area contributed by atoms with Gasteiger partial charge in [0.25, 0.3) is 5.91 Å². The van der Waals surface area contributed by atoms with Crippen LogP contribution in [0.2, 0.25) is 0 Å². The van der Waals surface area contributed by atoms with Gasteiger partial charge in [0.15, 0.2) is 5.13 Å². The third kappa shape index (κ3) is 4.61. The Kier molecular flexibility index (Phi) is 5.84. The summed E-state index contributed by atoms with van der Waals surface area (Å²) >= 11 is 1.30. The van der Waals surface area contributed by atoms with Crippen molar-refractivity contribution in [3.63, 3.8) is 0 Å². The van der Waals surface area contributed by atoms with Gasteiger partial charge in [-0.15, -0.1) is 11.3 Å². The number of nitrogens with zero attached hydrogens (tertiary/aromatic N) is 1. The number of anilines is 1. The summed E-state index contributed by atoms with van der Waals surface area (Å²) in [7, 11) is 0. The van der Waals surface area contributed by atoms with E-state index in [1.807, 2.05) is 36.6 Å². The molecule has 1 aromatic heterocycles. The van der Waals surface area contributed by atoms with E-state index in [4.69, 9.17) is 0 Å². The van der Waals surface area contributed by atoms with Gasteiger partial charge in [-0.05, 0) is 37.1 Å². The molecule has 3 aromatic rings. The number of aromatic nitrogens is 1. The fraction of sp³-hybridized carbons (Fsp3) is 0.190. The molecule has 28 heavy (non-hydrogen) atoms. The third-order valence-electron chi connectivity index (χ3n) is 4.28. The Morgan fingerprint density at radius 2 is 1.86 bits per heavy atom. The molecule has 0 bridgehead atoms. The van der Waals surface area contributed by atoms with Crippen molar-refractivity contribution in [3.8, 4) is 11.3 Å². The van der Waals surface area contributed by atoms with Gasteiger partial charge in [0.1, 0.15) is 5.82 Å². The molecule has 0 saturated carbocycles. The highest BCUT2D eigenvalue weighted by atomic mass is 32.1. The summed E-state index contributed by atoms with van der Waals surface area (Å²) in [6.07, 6.45) is 0. The maximum Gasteiger partial charge on any atom is 0.257 e. The van der Waals surface area contributed by atoms with Crippen LogP contribution in [0.15, 0.2) is 47.8 Å². The van der Waals surface area contributed by atoms with Crippen LogP contribution in [0.25, 0.3) is 11.3 Å². The number of benzene rings is 2. The zero-order valence-electron chi connectivity index (χ0n) is 15.7. The minimum Gasteiger partial charge on any atom is -0.350 e. The van der Waals surface area contributed by atoms with Crippen LogP contribution in [-0.2, 0) is 4.79 Å². The first-order valence-corrected chi connectivity index (χ1v) is 9.62. The minimum absolute atomic E-state index is 0.0771. The molecule has 0 fully saturated rings. The van der Waals surface area contributed by atoms with Crippen LogP contribution in [0.4, 0.5) is 9.52 Å². The fourth-order valence-corrected chi connectivity index (χ4v) is 3.41. The molecule has 1 unspecified atom stereocenters. The molecule has 144 valence electrons. The zero-order chi connectivity index (χ0) is 20.3. The van der Waals surface area contributed by atoms with E-state index >= 15 is 0 Å². The summed E-state index contributed by atoms with van der Waals surface area (Å²) < 4.78 is 13.6. The lowest BCUT2D eigenvalue weighted by atomic mass is 10.1. The van der Waals surface area contributed by atoms with E-state index in [-0.39, 0.29) is 17.5 Å². The molecule has 0 spiro atoms. The number of halogens is 1. The van der Waals surface area contributed by atoms with E-state index in [2.05, 4.69) is 15.6 Å². The Morgan fingerprint density at radius 1 is 1.14 bits per heavy atom. The number of thiazole rings is 1. The van der Waals surface area contributed by atoms with Gasteiger partial charge in [-0.1, -0.05) is 30.3 Å². The maximum atomic E-state index is 13.6. The lowest BCUT2D eigenvalue weighted by molar-refractivity contribution is -0.119. The molecule has 2 aromatic carbocycles. The first kappa shape index (κ1) is 19.7. The van der Waals surface area contributed by atoms with Crippen molar-refractivity contribution < 1.29 is 14.0 Å². The Labute approximate surface area is 166 Å². The van der Waals surface area contributed by atoms with Crippen LogP contribution in [-0.4, -0.2) is 16.8 Å². The van der Waals surface area contributed by atoms with E-state index in [0.29, 0.717) is 10.7 Å². The smallest absolute Gasteiger partial charge is 0.257 e. The highest BCUT2D eigenvalue weighted by molar-refractivity contribution is 7.14. The molecule has 2 amide bonds. The van der Waals surface area contributed by atoms with Crippen LogP contribution in [0.5, 0.6) is 0 Å². The van der Waals surface area contributed by atoms with E-state index in [9.17, 15) is 14.0 Å². The molecule has 0 aliphatic rings. The van der Waals surface area contributed by atoms with Crippen molar-refractivity contribution >= 4 is 28.3 Å². The summed E-state index contributed by atoms with van der Waals surface area (Å²) in [5.41, 5.74) is 3.36. The number of carbonyl (C=O) groups is 2. The van der Waals surface area contributed by atoms with Gasteiger partial charge in [0.05, 0.1) is 11.7 Å². The Morgan fingerprint density at radius 3 is 2.50 bits per heavy atom. The summed E-state index contributed by atoms with van der Waals surface area (Å²) in [4.78, 5) is 27.9. The van der Waals surface area contributed by atoms with Crippen molar-refractivity contribution in [1.82, 2.24) is 10.3 Å². The minimum atomic E-state index is -0.416. The molecule has 0 aliphatic heterocycles. The average Bonchev–Trinajstić information content (AvgIpc) is 3.12. The number of nitrogens with one attached hydrogen (secondary N) is 2. The van der Waals surface area contributed by atoms with Gasteiger partial charge < -0.3 is 5.32 Å². The number of hydrogen-bond donors (Lipinski definition) is 2. The van der Waals surface area contributed by atoms with Crippen LogP contribution in [0, 0.1) is 12.7 Å². The van der Waals surface area contributed by atoms with Crippen molar-refractivity contribution in [3.05, 3.63) is 70.4 Å².